The molecule has 5 rings (SSSR count). The zero-order valence-corrected chi connectivity index (χ0v) is 21.4. The molecule has 0 aliphatic rings. The summed E-state index contributed by atoms with van der Waals surface area (Å²) in [5, 5.41) is 6.33. The van der Waals surface area contributed by atoms with Crippen LogP contribution in [-0.2, 0) is 6.18 Å². The van der Waals surface area contributed by atoms with E-state index in [0.717, 1.165) is 21.7 Å². The molecule has 7 nitrogen and oxygen atoms in total. The molecule has 1 unspecified atom stereocenters. The molecule has 3 heterocycles. The number of carbonyl (C=O) groups is 1. The van der Waals surface area contributed by atoms with E-state index in [2.05, 4.69) is 15.3 Å². The van der Waals surface area contributed by atoms with Crippen molar-refractivity contribution in [1.29, 1.82) is 0 Å². The van der Waals surface area contributed by atoms with E-state index < -0.39 is 23.8 Å². The number of nitrogens with zero attached hydrogens (tertiary/aromatic N) is 2. The second-order valence-electron chi connectivity index (χ2n) is 8.81. The van der Waals surface area contributed by atoms with Crippen LogP contribution in [0.5, 0.6) is 5.75 Å². The van der Waals surface area contributed by atoms with Crippen molar-refractivity contribution in [2.75, 3.05) is 7.11 Å². The van der Waals surface area contributed by atoms with Gasteiger partial charge in [0.2, 0.25) is 5.89 Å². The number of alkyl halides is 3. The summed E-state index contributed by atoms with van der Waals surface area (Å²) in [5.74, 6) is -0.136. The third kappa shape index (κ3) is 4.59. The Bertz CT molecular complexity index is 1660. The number of fused-ring (bicyclic) bond motifs is 2. The van der Waals surface area contributed by atoms with Gasteiger partial charge in [-0.15, -0.1) is 11.3 Å². The van der Waals surface area contributed by atoms with Gasteiger partial charge in [0.05, 0.1) is 19.2 Å². The molecule has 11 heteroatoms. The predicted octanol–water partition coefficient (Wildman–Crippen LogP) is 6.64. The molecular formula is C27H23F3N4O3S. The zero-order valence-electron chi connectivity index (χ0n) is 20.6. The second kappa shape index (κ2) is 9.73. The van der Waals surface area contributed by atoms with Crippen LogP contribution in [0.3, 0.4) is 0 Å². The van der Waals surface area contributed by atoms with E-state index in [4.69, 9.17) is 14.9 Å². The number of pyridine rings is 1. The first-order valence-corrected chi connectivity index (χ1v) is 12.5. The van der Waals surface area contributed by atoms with Gasteiger partial charge >= 0.3 is 6.18 Å². The van der Waals surface area contributed by atoms with Crippen LogP contribution in [0.15, 0.2) is 58.3 Å². The molecule has 3 aromatic heterocycles. The fourth-order valence-corrected chi connectivity index (χ4v) is 5.35. The van der Waals surface area contributed by atoms with Gasteiger partial charge in [0.1, 0.15) is 17.0 Å². The molecule has 2 aromatic carbocycles. The van der Waals surface area contributed by atoms with Crippen LogP contribution in [0.2, 0.25) is 0 Å². The Morgan fingerprint density at radius 1 is 1.08 bits per heavy atom. The monoisotopic (exact) mass is 540 g/mol. The van der Waals surface area contributed by atoms with Crippen LogP contribution in [-0.4, -0.2) is 23.0 Å². The van der Waals surface area contributed by atoms with Crippen molar-refractivity contribution in [1.82, 2.24) is 15.3 Å². The van der Waals surface area contributed by atoms with Crippen molar-refractivity contribution in [3.8, 4) is 17.2 Å². The van der Waals surface area contributed by atoms with Crippen molar-refractivity contribution in [3.05, 3.63) is 76.6 Å². The summed E-state index contributed by atoms with van der Waals surface area (Å²) in [6.07, 6.45) is -4.63. The van der Waals surface area contributed by atoms with Crippen LogP contribution in [0.4, 0.5) is 13.2 Å². The Labute approximate surface area is 219 Å². The number of amides is 1. The van der Waals surface area contributed by atoms with Gasteiger partial charge in [-0.05, 0) is 60.5 Å². The minimum atomic E-state index is -4.63. The van der Waals surface area contributed by atoms with E-state index in [1.807, 2.05) is 36.6 Å². The van der Waals surface area contributed by atoms with Gasteiger partial charge in [0.25, 0.3) is 5.91 Å². The number of hydrogen-bond acceptors (Lipinski definition) is 7. The first-order valence-electron chi connectivity index (χ1n) is 11.7. The van der Waals surface area contributed by atoms with Crippen LogP contribution in [0, 0.1) is 0 Å². The molecule has 196 valence electrons. The molecule has 0 aliphatic heterocycles. The number of oxazole rings is 1. The standard InChI is InChI=1S/C27H23F3N4O3S/c1-13(31)24-23(25(35)32-14(2)18-12-38-20-7-5-4-6-15(18)20)34-26(37-24)17-8-10-19(36-3)22-16(17)9-11-21(33-22)27(28,29)30/h4-14H,31H2,1-3H3,(H,32,35)/t13-,14?/m0/s1. The molecule has 5 aromatic rings. The zero-order chi connectivity index (χ0) is 27.2. The highest BCUT2D eigenvalue weighted by Crippen LogP contribution is 2.37. The molecular weight excluding hydrogens is 517 g/mol. The van der Waals surface area contributed by atoms with Gasteiger partial charge in [-0.3, -0.25) is 4.79 Å². The molecule has 38 heavy (non-hydrogen) atoms. The number of aromatic nitrogens is 2. The minimum Gasteiger partial charge on any atom is -0.494 e. The topological polar surface area (TPSA) is 103 Å². The van der Waals surface area contributed by atoms with Crippen LogP contribution < -0.4 is 15.8 Å². The van der Waals surface area contributed by atoms with Crippen LogP contribution in [0.1, 0.15) is 53.4 Å². The summed E-state index contributed by atoms with van der Waals surface area (Å²) in [6.45, 7) is 3.53. The summed E-state index contributed by atoms with van der Waals surface area (Å²) in [7, 11) is 1.34. The molecule has 1 amide bonds. The minimum absolute atomic E-state index is 0.00484. The van der Waals surface area contributed by atoms with Crippen molar-refractivity contribution < 1.29 is 27.1 Å². The Balaban J connectivity index is 1.54. The van der Waals surface area contributed by atoms with Gasteiger partial charge in [-0.25, -0.2) is 9.97 Å². The summed E-state index contributed by atoms with van der Waals surface area (Å²) >= 11 is 1.59. The molecule has 0 saturated carbocycles. The second-order valence-corrected chi connectivity index (χ2v) is 9.72. The van der Waals surface area contributed by atoms with E-state index in [-0.39, 0.29) is 34.7 Å². The van der Waals surface area contributed by atoms with Crippen LogP contribution in [0.25, 0.3) is 32.4 Å². The molecule has 0 aliphatic carbocycles. The Morgan fingerprint density at radius 2 is 1.84 bits per heavy atom. The normalized spacial score (nSPS) is 13.6. The average Bonchev–Trinajstić information content (AvgIpc) is 3.52. The smallest absolute Gasteiger partial charge is 0.433 e. The van der Waals surface area contributed by atoms with E-state index >= 15 is 0 Å². The quantitative estimate of drug-likeness (QED) is 0.250. The highest BCUT2D eigenvalue weighted by atomic mass is 32.1. The van der Waals surface area contributed by atoms with Gasteiger partial charge in [-0.1, -0.05) is 18.2 Å². The van der Waals surface area contributed by atoms with Crippen molar-refractivity contribution in [2.24, 2.45) is 5.73 Å². The van der Waals surface area contributed by atoms with Crippen molar-refractivity contribution in [2.45, 2.75) is 32.1 Å². The molecule has 3 N–H and O–H groups in total. The third-order valence-electron chi connectivity index (χ3n) is 6.17. The fraction of sp³-hybridized carbons (Fsp3) is 0.222. The average molecular weight is 541 g/mol. The number of halogens is 3. The maximum atomic E-state index is 13.3. The Hall–Kier alpha value is -3.96. The molecule has 0 spiro atoms. The van der Waals surface area contributed by atoms with Gasteiger partial charge in [0.15, 0.2) is 11.5 Å². The third-order valence-corrected chi connectivity index (χ3v) is 7.15. The highest BCUT2D eigenvalue weighted by molar-refractivity contribution is 7.17. The van der Waals surface area contributed by atoms with Crippen LogP contribution >= 0.6 is 11.3 Å². The van der Waals surface area contributed by atoms with Gasteiger partial charge in [0, 0.05) is 15.6 Å². The predicted molar refractivity (Wildman–Crippen MR) is 139 cm³/mol. The lowest BCUT2D eigenvalue weighted by atomic mass is 10.1. The number of ether oxygens (including phenoxy) is 1. The summed E-state index contributed by atoms with van der Waals surface area (Å²) in [5.41, 5.74) is 6.36. The summed E-state index contributed by atoms with van der Waals surface area (Å²) in [6, 6.07) is 12.1. The Morgan fingerprint density at radius 3 is 2.55 bits per heavy atom. The first-order chi connectivity index (χ1) is 18.1. The molecule has 0 bridgehead atoms. The SMILES string of the molecule is COc1ccc(-c2nc(C(=O)NC(C)c3csc4ccccc34)c([C@H](C)N)o2)c2ccc(C(F)(F)F)nc12. The number of nitrogens with one attached hydrogen (secondary N) is 1. The lowest BCUT2D eigenvalue weighted by molar-refractivity contribution is -0.140. The van der Waals surface area contributed by atoms with E-state index in [0.29, 0.717) is 10.9 Å². The number of nitrogens with two attached hydrogens (primary N) is 1. The van der Waals surface area contributed by atoms with E-state index in [9.17, 15) is 18.0 Å². The lowest BCUT2D eigenvalue weighted by Crippen LogP contribution is -2.28. The first kappa shape index (κ1) is 25.7. The van der Waals surface area contributed by atoms with Crippen molar-refractivity contribution >= 4 is 38.2 Å². The maximum Gasteiger partial charge on any atom is 0.433 e. The lowest BCUT2D eigenvalue weighted by Gasteiger charge is -2.13. The Kier molecular flexibility index (Phi) is 6.58. The number of carbonyl (C=O) groups excluding carboxylic acids is 1. The molecule has 0 fully saturated rings. The number of hydrogen-bond donors (Lipinski definition) is 2. The largest absolute Gasteiger partial charge is 0.494 e. The maximum absolute atomic E-state index is 13.3. The van der Waals surface area contributed by atoms with E-state index in [1.54, 1.807) is 24.3 Å². The molecule has 2 atom stereocenters. The van der Waals surface area contributed by atoms with Gasteiger partial charge < -0.3 is 20.2 Å². The highest BCUT2D eigenvalue weighted by Gasteiger charge is 2.33. The van der Waals surface area contributed by atoms with Crippen molar-refractivity contribution in [3.63, 3.8) is 0 Å². The van der Waals surface area contributed by atoms with Gasteiger partial charge in [-0.2, -0.15) is 13.2 Å². The number of benzene rings is 2. The number of methoxy groups -OCH3 is 1. The number of thiophene rings is 1. The fourth-order valence-electron chi connectivity index (χ4n) is 4.30. The molecule has 0 saturated heterocycles. The molecule has 0 radical (unpaired) electrons. The van der Waals surface area contributed by atoms with E-state index in [1.165, 1.54) is 19.2 Å². The number of rotatable bonds is 6. The summed E-state index contributed by atoms with van der Waals surface area (Å²) in [4.78, 5) is 21.5. The summed E-state index contributed by atoms with van der Waals surface area (Å²) < 4.78 is 52.2.